The van der Waals surface area contributed by atoms with Gasteiger partial charge in [0.1, 0.15) is 6.54 Å². The van der Waals surface area contributed by atoms with Crippen LogP contribution in [0.3, 0.4) is 0 Å². The summed E-state index contributed by atoms with van der Waals surface area (Å²) >= 11 is 0. The third-order valence-electron chi connectivity index (χ3n) is 2.53. The summed E-state index contributed by atoms with van der Waals surface area (Å²) < 4.78 is 4.42. The Morgan fingerprint density at radius 1 is 1.15 bits per heavy atom. The zero-order valence-corrected chi connectivity index (χ0v) is 11.6. The Labute approximate surface area is 117 Å². The molecular weight excluding hydrogens is 260 g/mol. The van der Waals surface area contributed by atoms with Gasteiger partial charge in [-0.25, -0.2) is 0 Å². The highest BCUT2D eigenvalue weighted by molar-refractivity contribution is 5.97. The monoisotopic (exact) mass is 278 g/mol. The molecule has 0 atom stereocenters. The Hall–Kier alpha value is -2.37. The van der Waals surface area contributed by atoms with Crippen molar-refractivity contribution in [2.24, 2.45) is 0 Å². The highest BCUT2D eigenvalue weighted by Crippen LogP contribution is 2.10. The first-order valence-corrected chi connectivity index (χ1v) is 6.31. The maximum Gasteiger partial charge on any atom is 0.325 e. The fourth-order valence-electron chi connectivity index (χ4n) is 1.48. The van der Waals surface area contributed by atoms with Gasteiger partial charge in [-0.2, -0.15) is 0 Å². The lowest BCUT2D eigenvalue weighted by Gasteiger charge is -2.06. The summed E-state index contributed by atoms with van der Waals surface area (Å²) in [6, 6.07) is 6.43. The van der Waals surface area contributed by atoms with Crippen molar-refractivity contribution < 1.29 is 19.1 Å². The van der Waals surface area contributed by atoms with E-state index >= 15 is 0 Å². The van der Waals surface area contributed by atoms with E-state index in [-0.39, 0.29) is 18.4 Å². The maximum absolute atomic E-state index is 11.7. The molecule has 0 fully saturated rings. The predicted molar refractivity (Wildman–Crippen MR) is 74.3 cm³/mol. The second-order valence-corrected chi connectivity index (χ2v) is 4.13. The van der Waals surface area contributed by atoms with Gasteiger partial charge in [0, 0.05) is 17.7 Å². The predicted octanol–water partition coefficient (Wildman–Crippen LogP) is 1.33. The van der Waals surface area contributed by atoms with Crippen molar-refractivity contribution in [1.29, 1.82) is 0 Å². The molecule has 108 valence electrons. The second kappa shape index (κ2) is 7.93. The molecule has 2 N–H and O–H groups in total. The molecule has 0 aliphatic rings. The van der Waals surface area contributed by atoms with E-state index in [1.807, 2.05) is 6.92 Å². The zero-order valence-electron chi connectivity index (χ0n) is 11.6. The van der Waals surface area contributed by atoms with Crippen LogP contribution in [0.15, 0.2) is 24.3 Å². The average Bonchev–Trinajstić information content (AvgIpc) is 2.45. The lowest BCUT2D eigenvalue weighted by atomic mass is 10.2. The number of hydrogen-bond donors (Lipinski definition) is 2. The molecule has 1 aromatic carbocycles. The topological polar surface area (TPSA) is 84.5 Å². The molecule has 0 saturated heterocycles. The van der Waals surface area contributed by atoms with E-state index in [4.69, 9.17) is 0 Å². The van der Waals surface area contributed by atoms with Gasteiger partial charge in [-0.3, -0.25) is 14.4 Å². The van der Waals surface area contributed by atoms with E-state index in [2.05, 4.69) is 15.4 Å². The van der Waals surface area contributed by atoms with Gasteiger partial charge in [0.15, 0.2) is 0 Å². The van der Waals surface area contributed by atoms with Crippen molar-refractivity contribution >= 4 is 23.5 Å². The van der Waals surface area contributed by atoms with Gasteiger partial charge in [0.2, 0.25) is 5.91 Å². The average molecular weight is 278 g/mol. The lowest BCUT2D eigenvalue weighted by molar-refractivity contribution is -0.139. The van der Waals surface area contributed by atoms with E-state index in [1.165, 1.54) is 7.11 Å². The Bertz CT molecular complexity index is 482. The first-order chi connectivity index (χ1) is 9.56. The Kier molecular flexibility index (Phi) is 6.22. The third-order valence-corrected chi connectivity index (χ3v) is 2.53. The largest absolute Gasteiger partial charge is 0.468 e. The van der Waals surface area contributed by atoms with Crippen LogP contribution in [-0.2, 0) is 14.3 Å². The molecule has 0 aliphatic carbocycles. The highest BCUT2D eigenvalue weighted by Gasteiger charge is 2.08. The van der Waals surface area contributed by atoms with Gasteiger partial charge in [-0.05, 0) is 30.7 Å². The van der Waals surface area contributed by atoms with E-state index < -0.39 is 5.97 Å². The molecule has 0 saturated carbocycles. The van der Waals surface area contributed by atoms with Crippen LogP contribution in [0.5, 0.6) is 0 Å². The Morgan fingerprint density at radius 3 is 2.35 bits per heavy atom. The van der Waals surface area contributed by atoms with Gasteiger partial charge >= 0.3 is 5.97 Å². The summed E-state index contributed by atoms with van der Waals surface area (Å²) in [5, 5.41) is 5.15. The highest BCUT2D eigenvalue weighted by atomic mass is 16.5. The molecular formula is C14H18N2O4. The van der Waals surface area contributed by atoms with E-state index in [0.717, 1.165) is 6.42 Å². The van der Waals surface area contributed by atoms with Gasteiger partial charge in [-0.1, -0.05) is 6.92 Å². The number of anilines is 1. The number of esters is 1. The summed E-state index contributed by atoms with van der Waals surface area (Å²) in [5.41, 5.74) is 1.04. The van der Waals surface area contributed by atoms with Crippen molar-refractivity contribution in [3.63, 3.8) is 0 Å². The van der Waals surface area contributed by atoms with Gasteiger partial charge in [-0.15, -0.1) is 0 Å². The Balaban J connectivity index is 2.55. The molecule has 0 radical (unpaired) electrons. The van der Waals surface area contributed by atoms with Crippen LogP contribution < -0.4 is 10.6 Å². The number of benzene rings is 1. The van der Waals surface area contributed by atoms with Crippen LogP contribution in [0, 0.1) is 0 Å². The molecule has 0 spiro atoms. The number of hydrogen-bond acceptors (Lipinski definition) is 4. The fourth-order valence-corrected chi connectivity index (χ4v) is 1.48. The van der Waals surface area contributed by atoms with Crippen molar-refractivity contribution in [3.8, 4) is 0 Å². The normalized spacial score (nSPS) is 9.70. The molecule has 1 aromatic rings. The third kappa shape index (κ3) is 5.09. The van der Waals surface area contributed by atoms with Crippen molar-refractivity contribution in [3.05, 3.63) is 29.8 Å². The van der Waals surface area contributed by atoms with Gasteiger partial charge in [0.25, 0.3) is 5.91 Å². The Morgan fingerprint density at radius 2 is 1.80 bits per heavy atom. The fraction of sp³-hybridized carbons (Fsp3) is 0.357. The molecule has 20 heavy (non-hydrogen) atoms. The molecule has 2 amide bonds. The van der Waals surface area contributed by atoms with E-state index in [9.17, 15) is 14.4 Å². The van der Waals surface area contributed by atoms with E-state index in [0.29, 0.717) is 17.7 Å². The minimum Gasteiger partial charge on any atom is -0.468 e. The molecule has 6 nitrogen and oxygen atoms in total. The number of rotatable bonds is 6. The number of amides is 2. The van der Waals surface area contributed by atoms with Crippen LogP contribution in [0.1, 0.15) is 30.1 Å². The summed E-state index contributed by atoms with van der Waals surface area (Å²) in [4.78, 5) is 34.0. The van der Waals surface area contributed by atoms with Crippen molar-refractivity contribution in [1.82, 2.24) is 5.32 Å². The summed E-state index contributed by atoms with van der Waals surface area (Å²) in [5.74, 6) is -0.945. The van der Waals surface area contributed by atoms with Gasteiger partial charge in [0.05, 0.1) is 7.11 Å². The van der Waals surface area contributed by atoms with E-state index in [1.54, 1.807) is 24.3 Å². The first kappa shape index (κ1) is 15.7. The van der Waals surface area contributed by atoms with Gasteiger partial charge < -0.3 is 15.4 Å². The molecule has 0 unspecified atom stereocenters. The SMILES string of the molecule is CCCC(=O)Nc1ccc(C(=O)NCC(=O)OC)cc1. The summed E-state index contributed by atoms with van der Waals surface area (Å²) in [6.45, 7) is 1.75. The van der Waals surface area contributed by atoms with Crippen LogP contribution in [0.4, 0.5) is 5.69 Å². The summed E-state index contributed by atoms with van der Waals surface area (Å²) in [6.07, 6.45) is 1.24. The molecule has 6 heteroatoms. The maximum atomic E-state index is 11.7. The van der Waals surface area contributed by atoms with Crippen molar-refractivity contribution in [2.45, 2.75) is 19.8 Å². The zero-order chi connectivity index (χ0) is 15.0. The molecule has 0 aromatic heterocycles. The molecule has 1 rings (SSSR count). The second-order valence-electron chi connectivity index (χ2n) is 4.13. The van der Waals surface area contributed by atoms with Crippen LogP contribution in [-0.4, -0.2) is 31.4 Å². The molecule has 0 bridgehead atoms. The van der Waals surface area contributed by atoms with Crippen molar-refractivity contribution in [2.75, 3.05) is 19.0 Å². The number of nitrogens with one attached hydrogen (secondary N) is 2. The smallest absolute Gasteiger partial charge is 0.325 e. The number of methoxy groups -OCH3 is 1. The van der Waals surface area contributed by atoms with Crippen LogP contribution >= 0.6 is 0 Å². The number of ether oxygens (including phenoxy) is 1. The number of carbonyl (C=O) groups excluding carboxylic acids is 3. The summed E-state index contributed by atoms with van der Waals surface area (Å²) in [7, 11) is 1.25. The minimum atomic E-state index is -0.512. The molecule has 0 aliphatic heterocycles. The first-order valence-electron chi connectivity index (χ1n) is 6.31. The standard InChI is InChI=1S/C14H18N2O4/c1-3-4-12(17)16-11-7-5-10(6-8-11)14(19)15-9-13(18)20-2/h5-8H,3-4,9H2,1-2H3,(H,15,19)(H,16,17). The quantitative estimate of drug-likeness (QED) is 0.769. The molecule has 0 heterocycles. The van der Waals surface area contributed by atoms with Crippen LogP contribution in [0.25, 0.3) is 0 Å². The minimum absolute atomic E-state index is 0.0598. The van der Waals surface area contributed by atoms with Crippen LogP contribution in [0.2, 0.25) is 0 Å². The lowest BCUT2D eigenvalue weighted by Crippen LogP contribution is -2.30. The number of carbonyl (C=O) groups is 3.